The average molecular weight is 469 g/mol. The third-order valence-electron chi connectivity index (χ3n) is 4.78. The number of nitrogens with zero attached hydrogens (tertiary/aromatic N) is 1. The van der Waals surface area contributed by atoms with Crippen molar-refractivity contribution < 1.29 is 30.7 Å². The molecule has 0 unspecified atom stereocenters. The number of unbranched alkanes of at least 4 members (excludes halogenated alkanes) is 3. The Hall–Kier alpha value is -2.88. The van der Waals surface area contributed by atoms with Crippen LogP contribution in [0.5, 0.6) is 5.88 Å². The molecule has 1 aromatic carbocycles. The molecule has 0 bridgehead atoms. The molecule has 0 aliphatic carbocycles. The second-order valence-electron chi connectivity index (χ2n) is 7.48. The highest BCUT2D eigenvalue weighted by molar-refractivity contribution is 7.90. The summed E-state index contributed by atoms with van der Waals surface area (Å²) in [4.78, 5) is 16.4. The van der Waals surface area contributed by atoms with Crippen molar-refractivity contribution in [1.29, 1.82) is 0 Å². The molecule has 32 heavy (non-hydrogen) atoms. The van der Waals surface area contributed by atoms with E-state index in [1.807, 2.05) is 0 Å². The molecule has 10 heteroatoms. The zero-order valence-electron chi connectivity index (χ0n) is 17.3. The summed E-state index contributed by atoms with van der Waals surface area (Å²) in [6, 6.07) is 7.40. The molecule has 172 valence electrons. The predicted octanol–water partition coefficient (Wildman–Crippen LogP) is 4.86. The lowest BCUT2D eigenvalue weighted by Gasteiger charge is -2.08. The van der Waals surface area contributed by atoms with Gasteiger partial charge in [-0.15, -0.1) is 0 Å². The largest absolute Gasteiger partial charge is 0.478 e. The summed E-state index contributed by atoms with van der Waals surface area (Å²) in [6.45, 7) is 0.389. The van der Waals surface area contributed by atoms with Crippen molar-refractivity contribution >= 4 is 20.8 Å². The maximum absolute atomic E-state index is 12.8. The highest BCUT2D eigenvalue weighted by Gasteiger charge is 2.30. The van der Waals surface area contributed by atoms with Crippen LogP contribution in [0.2, 0.25) is 0 Å². The Morgan fingerprint density at radius 1 is 1.03 bits per heavy atom. The van der Waals surface area contributed by atoms with E-state index in [0.717, 1.165) is 31.4 Å². The number of halogens is 3. The third-order valence-corrected chi connectivity index (χ3v) is 5.81. The molecular formula is C22H22F3NO5S. The van der Waals surface area contributed by atoms with Crippen LogP contribution in [0, 0.1) is 0 Å². The second kappa shape index (κ2) is 9.72. The van der Waals surface area contributed by atoms with Gasteiger partial charge in [0.2, 0.25) is 5.88 Å². The van der Waals surface area contributed by atoms with Crippen molar-refractivity contribution in [2.75, 3.05) is 18.6 Å². The molecule has 0 amide bonds. The number of fused-ring (bicyclic) bond motifs is 1. The van der Waals surface area contributed by atoms with E-state index in [0.29, 0.717) is 29.9 Å². The highest BCUT2D eigenvalue weighted by atomic mass is 32.2. The Labute approximate surface area is 183 Å². The lowest BCUT2D eigenvalue weighted by atomic mass is 10.0. The lowest BCUT2D eigenvalue weighted by Crippen LogP contribution is -2.06. The normalized spacial score (nSPS) is 12.2. The zero-order valence-corrected chi connectivity index (χ0v) is 18.1. The smallest absolute Gasteiger partial charge is 0.416 e. The van der Waals surface area contributed by atoms with E-state index in [4.69, 9.17) is 9.15 Å². The first kappa shape index (κ1) is 23.8. The van der Waals surface area contributed by atoms with Crippen LogP contribution in [-0.2, 0) is 16.0 Å². The Balaban J connectivity index is 1.66. The van der Waals surface area contributed by atoms with Gasteiger partial charge in [0.05, 0.1) is 23.9 Å². The summed E-state index contributed by atoms with van der Waals surface area (Å²) in [5.41, 5.74) is -0.806. The van der Waals surface area contributed by atoms with E-state index in [1.165, 1.54) is 30.7 Å². The average Bonchev–Trinajstić information content (AvgIpc) is 2.71. The van der Waals surface area contributed by atoms with Crippen molar-refractivity contribution in [3.63, 3.8) is 0 Å². The Kier molecular flexibility index (Phi) is 7.22. The molecule has 0 aliphatic rings. The van der Waals surface area contributed by atoms with Gasteiger partial charge in [0.25, 0.3) is 0 Å². The van der Waals surface area contributed by atoms with Crippen LogP contribution in [-0.4, -0.2) is 32.0 Å². The van der Waals surface area contributed by atoms with E-state index in [-0.39, 0.29) is 16.9 Å². The van der Waals surface area contributed by atoms with Crippen molar-refractivity contribution in [2.24, 2.45) is 0 Å². The molecule has 6 nitrogen and oxygen atoms in total. The minimum atomic E-state index is -4.46. The van der Waals surface area contributed by atoms with Crippen LogP contribution in [0.3, 0.4) is 0 Å². The third kappa shape index (κ3) is 6.56. The molecule has 0 atom stereocenters. The number of hydrogen-bond donors (Lipinski definition) is 0. The molecule has 0 N–H and O–H groups in total. The molecule has 3 aromatic rings. The van der Waals surface area contributed by atoms with Crippen LogP contribution in [0.15, 0.2) is 51.8 Å². The Morgan fingerprint density at radius 2 is 1.72 bits per heavy atom. The molecule has 0 spiro atoms. The van der Waals surface area contributed by atoms with Gasteiger partial charge in [0.1, 0.15) is 9.84 Å². The first-order valence-electron chi connectivity index (χ1n) is 9.95. The molecule has 3 rings (SSSR count). The summed E-state index contributed by atoms with van der Waals surface area (Å²) < 4.78 is 71.4. The van der Waals surface area contributed by atoms with Crippen molar-refractivity contribution in [1.82, 2.24) is 4.98 Å². The number of aromatic nitrogens is 1. The van der Waals surface area contributed by atoms with E-state index in [1.54, 1.807) is 6.07 Å². The summed E-state index contributed by atoms with van der Waals surface area (Å²) in [5.74, 6) is 0.493. The Bertz CT molecular complexity index is 1240. The summed E-state index contributed by atoms with van der Waals surface area (Å²) >= 11 is 0. The van der Waals surface area contributed by atoms with Gasteiger partial charge < -0.3 is 9.15 Å². The monoisotopic (exact) mass is 469 g/mol. The molecule has 0 radical (unpaired) electrons. The minimum Gasteiger partial charge on any atom is -0.478 e. The second-order valence-corrected chi connectivity index (χ2v) is 9.74. The van der Waals surface area contributed by atoms with Crippen LogP contribution >= 0.6 is 0 Å². The minimum absolute atomic E-state index is 0.134. The van der Waals surface area contributed by atoms with E-state index in [9.17, 15) is 26.4 Å². The lowest BCUT2D eigenvalue weighted by molar-refractivity contribution is -0.137. The standard InChI is InChI=1S/C22H22F3NO5S/c1-32(28,29)11-5-3-2-4-10-30-20-13-16-12-18(21(27)31-19(16)14-26-20)15-6-8-17(9-7-15)22(23,24)25/h6-9,12-14H,2-5,10-11H2,1H3. The van der Waals surface area contributed by atoms with Crippen molar-refractivity contribution in [3.05, 3.63) is 58.6 Å². The van der Waals surface area contributed by atoms with E-state index in [2.05, 4.69) is 4.98 Å². The number of rotatable bonds is 9. The number of alkyl halides is 3. The summed E-state index contributed by atoms with van der Waals surface area (Å²) in [7, 11) is -2.94. The van der Waals surface area contributed by atoms with Crippen LogP contribution in [0.25, 0.3) is 22.1 Å². The van der Waals surface area contributed by atoms with Gasteiger partial charge in [-0.1, -0.05) is 25.0 Å². The molecule has 0 aliphatic heterocycles. The molecule has 0 fully saturated rings. The highest BCUT2D eigenvalue weighted by Crippen LogP contribution is 2.31. The quantitative estimate of drug-likeness (QED) is 0.416. The maximum Gasteiger partial charge on any atom is 0.416 e. The molecule has 2 aromatic heterocycles. The fourth-order valence-electron chi connectivity index (χ4n) is 3.12. The van der Waals surface area contributed by atoms with Gasteiger partial charge >= 0.3 is 11.8 Å². The number of sulfone groups is 1. The number of ether oxygens (including phenoxy) is 1. The Morgan fingerprint density at radius 3 is 2.38 bits per heavy atom. The number of benzene rings is 1. The van der Waals surface area contributed by atoms with Gasteiger partial charge in [-0.25, -0.2) is 18.2 Å². The van der Waals surface area contributed by atoms with Gasteiger partial charge in [0, 0.05) is 23.5 Å². The first-order chi connectivity index (χ1) is 15.0. The number of pyridine rings is 1. The number of hydrogen-bond acceptors (Lipinski definition) is 6. The zero-order chi connectivity index (χ0) is 23.4. The van der Waals surface area contributed by atoms with Gasteiger partial charge in [-0.2, -0.15) is 13.2 Å². The predicted molar refractivity (Wildman–Crippen MR) is 114 cm³/mol. The van der Waals surface area contributed by atoms with Crippen molar-refractivity contribution in [2.45, 2.75) is 31.9 Å². The first-order valence-corrected chi connectivity index (χ1v) is 12.0. The molecular weight excluding hydrogens is 447 g/mol. The van der Waals surface area contributed by atoms with Crippen LogP contribution in [0.4, 0.5) is 13.2 Å². The summed E-state index contributed by atoms with van der Waals surface area (Å²) in [6.07, 6.45) is 1.04. The molecule has 0 saturated heterocycles. The fraction of sp³-hybridized carbons (Fsp3) is 0.364. The maximum atomic E-state index is 12.8. The molecule has 2 heterocycles. The fourth-order valence-corrected chi connectivity index (χ4v) is 3.85. The van der Waals surface area contributed by atoms with Crippen LogP contribution in [0.1, 0.15) is 31.2 Å². The van der Waals surface area contributed by atoms with Gasteiger partial charge in [-0.05, 0) is 36.6 Å². The molecule has 0 saturated carbocycles. The van der Waals surface area contributed by atoms with E-state index >= 15 is 0 Å². The van der Waals surface area contributed by atoms with Gasteiger partial charge in [0.15, 0.2) is 5.58 Å². The topological polar surface area (TPSA) is 86.5 Å². The van der Waals surface area contributed by atoms with Crippen molar-refractivity contribution in [3.8, 4) is 17.0 Å². The SMILES string of the molecule is CS(=O)(=O)CCCCCCOc1cc2cc(-c3ccc(C(F)(F)F)cc3)c(=O)oc2cn1. The van der Waals surface area contributed by atoms with Gasteiger partial charge in [-0.3, -0.25) is 0 Å². The van der Waals surface area contributed by atoms with E-state index < -0.39 is 27.2 Å². The summed E-state index contributed by atoms with van der Waals surface area (Å²) in [5, 5.41) is 0.526. The van der Waals surface area contributed by atoms with Crippen LogP contribution < -0.4 is 10.4 Å².